The van der Waals surface area contributed by atoms with Gasteiger partial charge in [-0.1, -0.05) is 35.3 Å². The van der Waals surface area contributed by atoms with Crippen LogP contribution in [0.3, 0.4) is 0 Å². The fourth-order valence-corrected chi connectivity index (χ4v) is 2.39. The van der Waals surface area contributed by atoms with Crippen LogP contribution in [-0.4, -0.2) is 7.05 Å². The van der Waals surface area contributed by atoms with Crippen molar-refractivity contribution >= 4 is 34.6 Å². The van der Waals surface area contributed by atoms with Crippen LogP contribution in [0.5, 0.6) is 0 Å². The van der Waals surface area contributed by atoms with Crippen LogP contribution in [0.1, 0.15) is 18.5 Å². The van der Waals surface area contributed by atoms with E-state index < -0.39 is 0 Å². The third-order valence-electron chi connectivity index (χ3n) is 3.28. The molecule has 0 bridgehead atoms. The highest BCUT2D eigenvalue weighted by atomic mass is 35.5. The van der Waals surface area contributed by atoms with Crippen LogP contribution in [-0.2, 0) is 0 Å². The Balaban J connectivity index is 2.33. The number of hydrogen-bond acceptors (Lipinski definition) is 2. The van der Waals surface area contributed by atoms with Gasteiger partial charge in [0.15, 0.2) is 0 Å². The Hall–Kier alpha value is -1.38. The van der Waals surface area contributed by atoms with Crippen LogP contribution >= 0.6 is 23.2 Å². The second-order valence-corrected chi connectivity index (χ2v) is 5.42. The highest BCUT2D eigenvalue weighted by Crippen LogP contribution is 2.32. The van der Waals surface area contributed by atoms with E-state index in [0.29, 0.717) is 10.7 Å². The molecule has 0 saturated heterocycles. The Labute approximate surface area is 123 Å². The molecule has 2 aromatic rings. The second-order valence-electron chi connectivity index (χ2n) is 4.55. The van der Waals surface area contributed by atoms with E-state index in [1.807, 2.05) is 43.4 Å². The molecular weight excluding hydrogens is 279 g/mol. The Kier molecular flexibility index (Phi) is 4.23. The van der Waals surface area contributed by atoms with E-state index in [2.05, 4.69) is 11.8 Å². The molecule has 0 aliphatic heterocycles. The zero-order valence-electron chi connectivity index (χ0n) is 10.9. The van der Waals surface area contributed by atoms with E-state index in [9.17, 15) is 0 Å². The molecule has 1 atom stereocenters. The number of benzene rings is 2. The maximum absolute atomic E-state index is 6.03. The van der Waals surface area contributed by atoms with Gasteiger partial charge in [0.25, 0.3) is 0 Å². The Morgan fingerprint density at radius 1 is 1.05 bits per heavy atom. The number of rotatable bonds is 3. The zero-order valence-corrected chi connectivity index (χ0v) is 12.4. The Morgan fingerprint density at radius 3 is 2.42 bits per heavy atom. The molecule has 100 valence electrons. The van der Waals surface area contributed by atoms with Gasteiger partial charge in [0.2, 0.25) is 0 Å². The van der Waals surface area contributed by atoms with Gasteiger partial charge in [0.1, 0.15) is 0 Å². The molecule has 0 fully saturated rings. The van der Waals surface area contributed by atoms with Crippen molar-refractivity contribution < 1.29 is 0 Å². The number of halogens is 2. The lowest BCUT2D eigenvalue weighted by molar-refractivity contribution is 0.741. The molecule has 0 aromatic heterocycles. The SMILES string of the molecule is CC(c1cccc(Cl)c1)N(C)c1cc(Cl)ccc1N. The van der Waals surface area contributed by atoms with Crippen molar-refractivity contribution in [2.75, 3.05) is 17.7 Å². The summed E-state index contributed by atoms with van der Waals surface area (Å²) in [4.78, 5) is 2.09. The molecule has 0 radical (unpaired) electrons. The van der Waals surface area contributed by atoms with Crippen LogP contribution in [0.2, 0.25) is 10.0 Å². The summed E-state index contributed by atoms with van der Waals surface area (Å²) >= 11 is 12.1. The summed E-state index contributed by atoms with van der Waals surface area (Å²) in [5, 5.41) is 1.41. The molecule has 2 aromatic carbocycles. The van der Waals surface area contributed by atoms with Crippen molar-refractivity contribution in [3.63, 3.8) is 0 Å². The summed E-state index contributed by atoms with van der Waals surface area (Å²) in [7, 11) is 1.99. The predicted octanol–water partition coefficient (Wildman–Crippen LogP) is 4.77. The molecule has 2 rings (SSSR count). The molecule has 0 saturated carbocycles. The third-order valence-corrected chi connectivity index (χ3v) is 3.75. The number of hydrogen-bond donors (Lipinski definition) is 1. The monoisotopic (exact) mass is 294 g/mol. The summed E-state index contributed by atoms with van der Waals surface area (Å²) < 4.78 is 0. The normalized spacial score (nSPS) is 12.2. The first kappa shape index (κ1) is 14.0. The van der Waals surface area contributed by atoms with E-state index in [1.54, 1.807) is 6.07 Å². The summed E-state index contributed by atoms with van der Waals surface area (Å²) in [6.45, 7) is 2.10. The van der Waals surface area contributed by atoms with Crippen molar-refractivity contribution in [2.45, 2.75) is 13.0 Å². The van der Waals surface area contributed by atoms with Gasteiger partial charge < -0.3 is 10.6 Å². The minimum absolute atomic E-state index is 0.152. The van der Waals surface area contributed by atoms with E-state index in [1.165, 1.54) is 0 Å². The van der Waals surface area contributed by atoms with E-state index in [0.717, 1.165) is 16.3 Å². The topological polar surface area (TPSA) is 29.3 Å². The van der Waals surface area contributed by atoms with Crippen molar-refractivity contribution in [1.29, 1.82) is 0 Å². The lowest BCUT2D eigenvalue weighted by Crippen LogP contribution is -2.22. The van der Waals surface area contributed by atoms with Crippen LogP contribution in [0.25, 0.3) is 0 Å². The Morgan fingerprint density at radius 2 is 1.74 bits per heavy atom. The first-order valence-corrected chi connectivity index (χ1v) is 6.78. The van der Waals surface area contributed by atoms with Crippen LogP contribution < -0.4 is 10.6 Å². The average Bonchev–Trinajstić information content (AvgIpc) is 2.40. The molecule has 19 heavy (non-hydrogen) atoms. The lowest BCUT2D eigenvalue weighted by atomic mass is 10.1. The maximum atomic E-state index is 6.03. The number of anilines is 2. The van der Waals surface area contributed by atoms with Gasteiger partial charge in [-0.25, -0.2) is 0 Å². The standard InChI is InChI=1S/C15H16Cl2N2/c1-10(11-4-3-5-12(16)8-11)19(2)15-9-13(17)6-7-14(15)18/h3-10H,18H2,1-2H3. The van der Waals surface area contributed by atoms with E-state index in [4.69, 9.17) is 28.9 Å². The van der Waals surface area contributed by atoms with Gasteiger partial charge in [0.05, 0.1) is 17.4 Å². The van der Waals surface area contributed by atoms with Crippen molar-refractivity contribution in [2.24, 2.45) is 0 Å². The van der Waals surface area contributed by atoms with Gasteiger partial charge in [-0.2, -0.15) is 0 Å². The summed E-state index contributed by atoms with van der Waals surface area (Å²) in [6.07, 6.45) is 0. The van der Waals surface area contributed by atoms with Crippen molar-refractivity contribution in [3.05, 3.63) is 58.1 Å². The maximum Gasteiger partial charge on any atom is 0.0617 e. The molecule has 1 unspecified atom stereocenters. The predicted molar refractivity (Wildman–Crippen MR) is 84.1 cm³/mol. The number of nitrogens with two attached hydrogens (primary N) is 1. The quantitative estimate of drug-likeness (QED) is 0.826. The van der Waals surface area contributed by atoms with Gasteiger partial charge in [-0.05, 0) is 42.8 Å². The van der Waals surface area contributed by atoms with E-state index >= 15 is 0 Å². The van der Waals surface area contributed by atoms with E-state index in [-0.39, 0.29) is 6.04 Å². The smallest absolute Gasteiger partial charge is 0.0617 e. The Bertz CT molecular complexity index is 584. The van der Waals surface area contributed by atoms with Gasteiger partial charge in [0, 0.05) is 17.1 Å². The van der Waals surface area contributed by atoms with Crippen molar-refractivity contribution in [1.82, 2.24) is 0 Å². The van der Waals surface area contributed by atoms with Crippen LogP contribution in [0.15, 0.2) is 42.5 Å². The number of nitrogen functional groups attached to an aromatic ring is 1. The summed E-state index contributed by atoms with van der Waals surface area (Å²) in [5.41, 5.74) is 8.77. The molecule has 0 amide bonds. The largest absolute Gasteiger partial charge is 0.397 e. The molecule has 2 nitrogen and oxygen atoms in total. The average molecular weight is 295 g/mol. The third kappa shape index (κ3) is 3.14. The van der Waals surface area contributed by atoms with Crippen LogP contribution in [0.4, 0.5) is 11.4 Å². The fraction of sp³-hybridized carbons (Fsp3) is 0.200. The minimum Gasteiger partial charge on any atom is -0.397 e. The van der Waals surface area contributed by atoms with Crippen LogP contribution in [0, 0.1) is 0 Å². The second kappa shape index (κ2) is 5.72. The molecular formula is C15H16Cl2N2. The molecule has 0 heterocycles. The highest BCUT2D eigenvalue weighted by Gasteiger charge is 2.15. The summed E-state index contributed by atoms with van der Waals surface area (Å²) in [6, 6.07) is 13.5. The molecule has 0 aliphatic rings. The molecule has 4 heteroatoms. The minimum atomic E-state index is 0.152. The molecule has 0 aliphatic carbocycles. The zero-order chi connectivity index (χ0) is 14.0. The van der Waals surface area contributed by atoms with Crippen molar-refractivity contribution in [3.8, 4) is 0 Å². The van der Waals surface area contributed by atoms with Gasteiger partial charge in [-0.3, -0.25) is 0 Å². The lowest BCUT2D eigenvalue weighted by Gasteiger charge is -2.28. The van der Waals surface area contributed by atoms with Gasteiger partial charge in [-0.15, -0.1) is 0 Å². The first-order valence-electron chi connectivity index (χ1n) is 6.02. The molecule has 2 N–H and O–H groups in total. The summed E-state index contributed by atoms with van der Waals surface area (Å²) in [5.74, 6) is 0. The fourth-order valence-electron chi connectivity index (χ4n) is 2.02. The van der Waals surface area contributed by atoms with Gasteiger partial charge >= 0.3 is 0 Å². The highest BCUT2D eigenvalue weighted by molar-refractivity contribution is 6.31. The molecule has 0 spiro atoms. The first-order chi connectivity index (χ1) is 8.99. The number of nitrogens with zero attached hydrogens (tertiary/aromatic N) is 1.